The minimum Gasteiger partial charge on any atom is -0.387 e. The third-order valence-corrected chi connectivity index (χ3v) is 3.67. The van der Waals surface area contributed by atoms with Crippen LogP contribution in [0.4, 0.5) is 5.82 Å². The van der Waals surface area contributed by atoms with Crippen molar-refractivity contribution in [3.63, 3.8) is 0 Å². The lowest BCUT2D eigenvalue weighted by Crippen LogP contribution is -2.13. The van der Waals surface area contributed by atoms with Crippen molar-refractivity contribution < 1.29 is 9.90 Å². The molecule has 1 unspecified atom stereocenters. The van der Waals surface area contributed by atoms with E-state index in [1.165, 1.54) is 6.33 Å². The number of anilines is 1. The Morgan fingerprint density at radius 1 is 1.04 bits per heavy atom. The van der Waals surface area contributed by atoms with Crippen molar-refractivity contribution in [3.8, 4) is 11.3 Å². The van der Waals surface area contributed by atoms with E-state index in [9.17, 15) is 9.90 Å². The number of aldehydes is 1. The molecule has 0 saturated carbocycles. The van der Waals surface area contributed by atoms with E-state index < -0.39 is 6.10 Å². The number of carbonyl (C=O) groups excluding carboxylic acids is 1. The van der Waals surface area contributed by atoms with Crippen molar-refractivity contribution in [2.24, 2.45) is 0 Å². The van der Waals surface area contributed by atoms with Gasteiger partial charge < -0.3 is 10.4 Å². The fourth-order valence-electron chi connectivity index (χ4n) is 2.34. The summed E-state index contributed by atoms with van der Waals surface area (Å²) in [6, 6.07) is 18.5. The van der Waals surface area contributed by atoms with E-state index in [0.29, 0.717) is 17.9 Å². The number of aromatic nitrogens is 2. The van der Waals surface area contributed by atoms with Crippen molar-refractivity contribution in [1.29, 1.82) is 0 Å². The summed E-state index contributed by atoms with van der Waals surface area (Å²) in [6.07, 6.45) is 1.67. The molecule has 1 aromatic heterocycles. The molecular formula is C19H17N3O2. The van der Waals surface area contributed by atoms with Crippen molar-refractivity contribution in [2.45, 2.75) is 6.10 Å². The number of carbonyl (C=O) groups is 1. The van der Waals surface area contributed by atoms with Crippen molar-refractivity contribution in [3.05, 3.63) is 78.1 Å². The van der Waals surface area contributed by atoms with Gasteiger partial charge >= 0.3 is 0 Å². The molecule has 24 heavy (non-hydrogen) atoms. The molecule has 2 aromatic carbocycles. The Morgan fingerprint density at radius 3 is 2.50 bits per heavy atom. The second-order valence-corrected chi connectivity index (χ2v) is 5.34. The van der Waals surface area contributed by atoms with Crippen LogP contribution in [0, 0.1) is 0 Å². The Kier molecular flexibility index (Phi) is 4.93. The first-order valence-corrected chi connectivity index (χ1v) is 7.61. The van der Waals surface area contributed by atoms with E-state index >= 15 is 0 Å². The van der Waals surface area contributed by atoms with Gasteiger partial charge in [-0.05, 0) is 5.56 Å². The number of benzene rings is 2. The lowest BCUT2D eigenvalue weighted by molar-refractivity contribution is 0.112. The predicted molar refractivity (Wildman–Crippen MR) is 92.7 cm³/mol. The Morgan fingerprint density at radius 2 is 1.79 bits per heavy atom. The summed E-state index contributed by atoms with van der Waals surface area (Å²) in [7, 11) is 0. The summed E-state index contributed by atoms with van der Waals surface area (Å²) in [4.78, 5) is 19.1. The van der Waals surface area contributed by atoms with E-state index in [1.807, 2.05) is 48.5 Å². The van der Waals surface area contributed by atoms with Crippen molar-refractivity contribution in [2.75, 3.05) is 11.9 Å². The monoisotopic (exact) mass is 319 g/mol. The molecule has 0 aliphatic rings. The maximum Gasteiger partial charge on any atom is 0.150 e. The summed E-state index contributed by atoms with van der Waals surface area (Å²) in [5, 5.41) is 13.3. The van der Waals surface area contributed by atoms with Gasteiger partial charge in [0.2, 0.25) is 0 Å². The molecule has 1 atom stereocenters. The van der Waals surface area contributed by atoms with Crippen LogP contribution in [-0.4, -0.2) is 27.9 Å². The summed E-state index contributed by atoms with van der Waals surface area (Å²) >= 11 is 0. The minimum absolute atomic E-state index is 0.352. The number of nitrogens with zero attached hydrogens (tertiary/aromatic N) is 2. The second-order valence-electron chi connectivity index (χ2n) is 5.34. The standard InChI is InChI=1S/C19H17N3O2/c23-12-14-6-8-15(9-7-14)17-10-19(22-13-21-17)20-11-18(24)16-4-2-1-3-5-16/h1-10,12-13,18,24H,11H2,(H,20,21,22). The first-order valence-electron chi connectivity index (χ1n) is 7.61. The quantitative estimate of drug-likeness (QED) is 0.683. The van der Waals surface area contributed by atoms with Crippen molar-refractivity contribution >= 4 is 12.1 Å². The van der Waals surface area contributed by atoms with Gasteiger partial charge in [0, 0.05) is 23.7 Å². The smallest absolute Gasteiger partial charge is 0.150 e. The lowest BCUT2D eigenvalue weighted by Gasteiger charge is -2.13. The molecule has 5 nitrogen and oxygen atoms in total. The van der Waals surface area contributed by atoms with Crippen LogP contribution in [0.3, 0.4) is 0 Å². The topological polar surface area (TPSA) is 75.1 Å². The molecule has 3 aromatic rings. The van der Waals surface area contributed by atoms with Crippen LogP contribution in [0.25, 0.3) is 11.3 Å². The largest absolute Gasteiger partial charge is 0.387 e. The Hall–Kier alpha value is -3.05. The predicted octanol–water partition coefficient (Wildman–Crippen LogP) is 3.10. The summed E-state index contributed by atoms with van der Waals surface area (Å²) < 4.78 is 0. The van der Waals surface area contributed by atoms with E-state index in [4.69, 9.17) is 0 Å². The fourth-order valence-corrected chi connectivity index (χ4v) is 2.34. The fraction of sp³-hybridized carbons (Fsp3) is 0.105. The molecule has 0 spiro atoms. The van der Waals surface area contributed by atoms with Gasteiger partial charge in [0.05, 0.1) is 11.8 Å². The van der Waals surface area contributed by atoms with Gasteiger partial charge in [-0.1, -0.05) is 54.6 Å². The van der Waals surface area contributed by atoms with Crippen molar-refractivity contribution in [1.82, 2.24) is 9.97 Å². The van der Waals surface area contributed by atoms with Gasteiger partial charge in [0.25, 0.3) is 0 Å². The Labute approximate surface area is 140 Å². The van der Waals surface area contributed by atoms with Gasteiger partial charge in [-0.2, -0.15) is 0 Å². The highest BCUT2D eigenvalue weighted by Crippen LogP contribution is 2.20. The van der Waals surface area contributed by atoms with Crippen LogP contribution >= 0.6 is 0 Å². The Bertz CT molecular complexity index is 804. The molecule has 3 rings (SSSR count). The summed E-state index contributed by atoms with van der Waals surface area (Å²) in [5.41, 5.74) is 3.12. The molecule has 0 saturated heterocycles. The molecule has 0 amide bonds. The van der Waals surface area contributed by atoms with Crippen LogP contribution in [0.1, 0.15) is 22.0 Å². The highest BCUT2D eigenvalue weighted by molar-refractivity contribution is 5.76. The van der Waals surface area contributed by atoms with E-state index in [2.05, 4.69) is 15.3 Å². The average molecular weight is 319 g/mol. The number of aliphatic hydroxyl groups excluding tert-OH is 1. The van der Waals surface area contributed by atoms with Crippen LogP contribution in [0.2, 0.25) is 0 Å². The van der Waals surface area contributed by atoms with E-state index in [1.54, 1.807) is 12.1 Å². The molecule has 0 bridgehead atoms. The minimum atomic E-state index is -0.614. The molecular weight excluding hydrogens is 302 g/mol. The molecule has 1 heterocycles. The molecule has 5 heteroatoms. The van der Waals surface area contributed by atoms with Gasteiger partial charge in [0.1, 0.15) is 18.4 Å². The van der Waals surface area contributed by atoms with Gasteiger partial charge in [-0.3, -0.25) is 4.79 Å². The molecule has 0 fully saturated rings. The number of rotatable bonds is 6. The molecule has 0 aliphatic heterocycles. The number of nitrogens with one attached hydrogen (secondary N) is 1. The van der Waals surface area contributed by atoms with E-state index in [0.717, 1.165) is 23.1 Å². The average Bonchev–Trinajstić information content (AvgIpc) is 2.67. The first-order chi connectivity index (χ1) is 11.8. The molecule has 0 radical (unpaired) electrons. The maximum absolute atomic E-state index is 10.7. The van der Waals surface area contributed by atoms with Gasteiger partial charge in [-0.25, -0.2) is 9.97 Å². The molecule has 0 aliphatic carbocycles. The number of hydrogen-bond acceptors (Lipinski definition) is 5. The van der Waals surface area contributed by atoms with Gasteiger partial charge in [-0.15, -0.1) is 0 Å². The Balaban J connectivity index is 1.70. The zero-order valence-corrected chi connectivity index (χ0v) is 13.0. The van der Waals surface area contributed by atoms with Crippen LogP contribution in [0.15, 0.2) is 67.0 Å². The highest BCUT2D eigenvalue weighted by Gasteiger charge is 2.08. The normalized spacial score (nSPS) is 11.7. The SMILES string of the molecule is O=Cc1ccc(-c2cc(NCC(O)c3ccccc3)ncn2)cc1. The summed E-state index contributed by atoms with van der Waals surface area (Å²) in [5.74, 6) is 0.634. The van der Waals surface area contributed by atoms with Crippen LogP contribution in [0.5, 0.6) is 0 Å². The van der Waals surface area contributed by atoms with Gasteiger partial charge in [0.15, 0.2) is 0 Å². The summed E-state index contributed by atoms with van der Waals surface area (Å²) in [6.45, 7) is 0.352. The second kappa shape index (κ2) is 7.48. The highest BCUT2D eigenvalue weighted by atomic mass is 16.3. The maximum atomic E-state index is 10.7. The first kappa shape index (κ1) is 15.8. The zero-order valence-electron chi connectivity index (χ0n) is 13.0. The molecule has 2 N–H and O–H groups in total. The van der Waals surface area contributed by atoms with E-state index in [-0.39, 0.29) is 0 Å². The zero-order chi connectivity index (χ0) is 16.8. The van der Waals surface area contributed by atoms with Crippen LogP contribution in [-0.2, 0) is 0 Å². The number of hydrogen-bond donors (Lipinski definition) is 2. The number of aliphatic hydroxyl groups is 1. The lowest BCUT2D eigenvalue weighted by atomic mass is 10.1. The third-order valence-electron chi connectivity index (χ3n) is 3.67. The molecule has 120 valence electrons. The van der Waals surface area contributed by atoms with Crippen LogP contribution < -0.4 is 5.32 Å². The third kappa shape index (κ3) is 3.83.